The zero-order valence-electron chi connectivity index (χ0n) is 12.8. The highest BCUT2D eigenvalue weighted by Crippen LogP contribution is 2.42. The number of anilines is 2. The van der Waals surface area contributed by atoms with E-state index in [1.165, 1.54) is 17.8 Å². The lowest BCUT2D eigenvalue weighted by molar-refractivity contribution is -0.114. The van der Waals surface area contributed by atoms with Gasteiger partial charge in [0.2, 0.25) is 5.91 Å². The Morgan fingerprint density at radius 1 is 1.50 bits per heavy atom. The summed E-state index contributed by atoms with van der Waals surface area (Å²) < 4.78 is 7.16. The van der Waals surface area contributed by atoms with Crippen LogP contribution in [0.15, 0.2) is 12.5 Å². The van der Waals surface area contributed by atoms with Crippen molar-refractivity contribution >= 4 is 28.4 Å². The van der Waals surface area contributed by atoms with Crippen LogP contribution in [-0.4, -0.2) is 66.7 Å². The molecule has 1 fully saturated rings. The van der Waals surface area contributed by atoms with Gasteiger partial charge in [0.15, 0.2) is 6.23 Å². The van der Waals surface area contributed by atoms with Crippen LogP contribution < -0.4 is 10.6 Å². The zero-order valence-corrected chi connectivity index (χ0v) is 12.8. The maximum absolute atomic E-state index is 11.8. The van der Waals surface area contributed by atoms with E-state index in [0.717, 1.165) is 0 Å². The molecule has 0 aromatic carbocycles. The highest BCUT2D eigenvalue weighted by molar-refractivity contribution is 6.09. The van der Waals surface area contributed by atoms with Crippen molar-refractivity contribution in [3.8, 4) is 0 Å². The lowest BCUT2D eigenvalue weighted by atomic mass is 9.96. The van der Waals surface area contributed by atoms with Gasteiger partial charge in [0.1, 0.15) is 35.6 Å². The minimum absolute atomic E-state index is 0.0870. The predicted molar refractivity (Wildman–Crippen MR) is 82.3 cm³/mol. The van der Waals surface area contributed by atoms with Crippen LogP contribution in [0.25, 0.3) is 11.0 Å². The van der Waals surface area contributed by atoms with Crippen molar-refractivity contribution < 1.29 is 24.9 Å². The molecule has 2 aliphatic rings. The van der Waals surface area contributed by atoms with Crippen molar-refractivity contribution in [3.05, 3.63) is 12.5 Å². The summed E-state index contributed by atoms with van der Waals surface area (Å²) in [6.07, 6.45) is -0.257. The highest BCUT2D eigenvalue weighted by Gasteiger charge is 2.53. The van der Waals surface area contributed by atoms with Crippen LogP contribution >= 0.6 is 0 Å². The molecule has 4 heterocycles. The first-order valence-electron chi connectivity index (χ1n) is 7.49. The van der Waals surface area contributed by atoms with Crippen molar-refractivity contribution in [2.75, 3.05) is 23.8 Å². The van der Waals surface area contributed by atoms with Crippen LogP contribution in [0.4, 0.5) is 11.5 Å². The number of aliphatic hydroxyl groups is 3. The minimum atomic E-state index is -1.65. The van der Waals surface area contributed by atoms with Crippen LogP contribution in [0.5, 0.6) is 0 Å². The van der Waals surface area contributed by atoms with E-state index in [1.807, 2.05) is 0 Å². The summed E-state index contributed by atoms with van der Waals surface area (Å²) in [6.45, 7) is 1.08. The predicted octanol–water partition coefficient (Wildman–Crippen LogP) is -1.20. The fourth-order valence-corrected chi connectivity index (χ4v) is 3.24. The number of ether oxygens (including phenoxy) is 1. The van der Waals surface area contributed by atoms with Crippen molar-refractivity contribution in [1.29, 1.82) is 0 Å². The quantitative estimate of drug-likeness (QED) is 0.460. The number of rotatable bonds is 2. The summed E-state index contributed by atoms with van der Waals surface area (Å²) in [5.41, 5.74) is -0.735. The first-order chi connectivity index (χ1) is 11.4. The minimum Gasteiger partial charge on any atom is -0.394 e. The molecular weight excluding hydrogens is 318 g/mol. The topological polar surface area (TPSA) is 142 Å². The number of hydrogen-bond donors (Lipinski definition) is 5. The molecule has 10 nitrogen and oxygen atoms in total. The molecule has 24 heavy (non-hydrogen) atoms. The number of aromatic nitrogens is 3. The van der Waals surface area contributed by atoms with E-state index in [-0.39, 0.29) is 12.5 Å². The normalized spacial score (nSPS) is 32.5. The molecule has 10 heteroatoms. The smallest absolute Gasteiger partial charge is 0.243 e. The second kappa shape index (κ2) is 5.11. The second-order valence-electron chi connectivity index (χ2n) is 6.15. The van der Waals surface area contributed by atoms with Gasteiger partial charge in [-0.25, -0.2) is 9.97 Å². The van der Waals surface area contributed by atoms with Crippen LogP contribution in [0, 0.1) is 0 Å². The molecule has 1 unspecified atom stereocenters. The molecule has 0 spiro atoms. The number of carbonyl (C=O) groups is 1. The third kappa shape index (κ3) is 2.01. The Hall–Kier alpha value is -2.27. The van der Waals surface area contributed by atoms with Gasteiger partial charge in [-0.15, -0.1) is 0 Å². The van der Waals surface area contributed by atoms with E-state index in [4.69, 9.17) is 4.74 Å². The van der Waals surface area contributed by atoms with E-state index in [9.17, 15) is 20.1 Å². The Kier molecular flexibility index (Phi) is 3.25. The summed E-state index contributed by atoms with van der Waals surface area (Å²) in [5, 5.41) is 36.4. The molecule has 2 aliphatic heterocycles. The fourth-order valence-electron chi connectivity index (χ4n) is 3.24. The van der Waals surface area contributed by atoms with Gasteiger partial charge in [0, 0.05) is 6.20 Å². The summed E-state index contributed by atoms with van der Waals surface area (Å²) in [6, 6.07) is 0. The first-order valence-corrected chi connectivity index (χ1v) is 7.49. The summed E-state index contributed by atoms with van der Waals surface area (Å²) in [5.74, 6) is 0.253. The lowest BCUT2D eigenvalue weighted by Crippen LogP contribution is -2.44. The van der Waals surface area contributed by atoms with Crippen LogP contribution in [0.2, 0.25) is 0 Å². The van der Waals surface area contributed by atoms with Crippen LogP contribution in [0.1, 0.15) is 13.2 Å². The van der Waals surface area contributed by atoms with Gasteiger partial charge in [-0.1, -0.05) is 0 Å². The van der Waals surface area contributed by atoms with E-state index >= 15 is 0 Å². The van der Waals surface area contributed by atoms with Gasteiger partial charge in [-0.05, 0) is 6.92 Å². The largest absolute Gasteiger partial charge is 0.394 e. The monoisotopic (exact) mass is 335 g/mol. The SMILES string of the molecule is CC1(O)[C@H](O)[C@@H](CO)O[C@H]1n1cc2c3c(ncnc31)NCC(=O)N2. The Labute approximate surface area is 136 Å². The molecule has 2 aromatic heterocycles. The van der Waals surface area contributed by atoms with Crippen molar-refractivity contribution in [3.63, 3.8) is 0 Å². The Bertz CT molecular complexity index is 819. The van der Waals surface area contributed by atoms with Gasteiger partial charge in [0.05, 0.1) is 24.2 Å². The Balaban J connectivity index is 1.88. The molecule has 4 rings (SSSR count). The standard InChI is InChI=1S/C14H17N5O5/c1-14(23)10(22)7(4-20)24-13(14)19-3-6-9-11(15-2-8(21)18-6)16-5-17-12(9)19/h3,5,7,10,13,20,22-23H,2,4H2,1H3,(H,18,21)(H,15,16,17)/t7-,10-,13-,14?/m1/s1. The van der Waals surface area contributed by atoms with Gasteiger partial charge in [-0.2, -0.15) is 0 Å². The van der Waals surface area contributed by atoms with Crippen molar-refractivity contribution in [1.82, 2.24) is 14.5 Å². The molecule has 0 aliphatic carbocycles. The van der Waals surface area contributed by atoms with Gasteiger partial charge < -0.3 is 35.3 Å². The van der Waals surface area contributed by atoms with Gasteiger partial charge in [-0.3, -0.25) is 4.79 Å². The second-order valence-corrected chi connectivity index (χ2v) is 6.15. The molecule has 0 saturated carbocycles. The highest BCUT2D eigenvalue weighted by atomic mass is 16.6. The number of aliphatic hydroxyl groups excluding tert-OH is 2. The van der Waals surface area contributed by atoms with E-state index < -0.39 is 30.6 Å². The number of hydrogen-bond acceptors (Lipinski definition) is 8. The average Bonchev–Trinajstić information content (AvgIpc) is 2.95. The third-order valence-corrected chi connectivity index (χ3v) is 4.49. The summed E-state index contributed by atoms with van der Waals surface area (Å²) in [4.78, 5) is 20.2. The first kappa shape index (κ1) is 15.3. The summed E-state index contributed by atoms with van der Waals surface area (Å²) in [7, 11) is 0. The third-order valence-electron chi connectivity index (χ3n) is 4.49. The molecule has 0 bridgehead atoms. The van der Waals surface area contributed by atoms with Gasteiger partial charge in [0.25, 0.3) is 0 Å². The van der Waals surface area contributed by atoms with Crippen molar-refractivity contribution in [2.24, 2.45) is 0 Å². The zero-order chi connectivity index (χ0) is 17.1. The van der Waals surface area contributed by atoms with E-state index in [0.29, 0.717) is 22.5 Å². The maximum Gasteiger partial charge on any atom is 0.243 e. The maximum atomic E-state index is 11.8. The molecule has 2 aromatic rings. The van der Waals surface area contributed by atoms with Crippen molar-refractivity contribution in [2.45, 2.75) is 31.0 Å². The Morgan fingerprint density at radius 3 is 3.00 bits per heavy atom. The number of nitrogens with zero attached hydrogens (tertiary/aromatic N) is 3. The molecule has 0 radical (unpaired) electrons. The Morgan fingerprint density at radius 2 is 2.29 bits per heavy atom. The lowest BCUT2D eigenvalue weighted by Gasteiger charge is -2.27. The number of carbonyl (C=O) groups excluding carboxylic acids is 1. The molecule has 1 amide bonds. The van der Waals surface area contributed by atoms with Crippen LogP contribution in [0.3, 0.4) is 0 Å². The van der Waals surface area contributed by atoms with E-state index in [2.05, 4.69) is 20.6 Å². The molecule has 4 atom stereocenters. The van der Waals surface area contributed by atoms with Crippen LogP contribution in [-0.2, 0) is 9.53 Å². The summed E-state index contributed by atoms with van der Waals surface area (Å²) >= 11 is 0. The number of nitrogens with one attached hydrogen (secondary N) is 2. The molecule has 1 saturated heterocycles. The molecular formula is C14H17N5O5. The fraction of sp³-hybridized carbons (Fsp3) is 0.500. The molecule has 128 valence electrons. The molecule has 5 N–H and O–H groups in total. The average molecular weight is 335 g/mol. The van der Waals surface area contributed by atoms with E-state index in [1.54, 1.807) is 6.20 Å². The number of amides is 1. The van der Waals surface area contributed by atoms with Gasteiger partial charge >= 0.3 is 0 Å².